The minimum atomic E-state index is -4.45. The van der Waals surface area contributed by atoms with Crippen LogP contribution in [0, 0.1) is 0 Å². The molecule has 1 aromatic carbocycles. The van der Waals surface area contributed by atoms with Gasteiger partial charge in [0.2, 0.25) is 0 Å². The minimum absolute atomic E-state index is 0. The van der Waals surface area contributed by atoms with E-state index in [1.54, 1.807) is 16.8 Å². The van der Waals surface area contributed by atoms with Crippen molar-refractivity contribution in [2.45, 2.75) is 39.0 Å². The number of benzene rings is 1. The largest absolute Gasteiger partial charge is 0.417 e. The maximum absolute atomic E-state index is 12.9. The normalized spacial score (nSPS) is 13.9. The van der Waals surface area contributed by atoms with Crippen LogP contribution < -0.4 is 5.56 Å². The zero-order chi connectivity index (χ0) is 24.2. The van der Waals surface area contributed by atoms with Gasteiger partial charge in [0, 0.05) is 67.7 Å². The molecule has 0 amide bonds. The fourth-order valence-corrected chi connectivity index (χ4v) is 4.76. The van der Waals surface area contributed by atoms with Crippen LogP contribution in [0.1, 0.15) is 30.7 Å². The Hall–Kier alpha value is -2.81. The average Bonchev–Trinajstić information content (AvgIpc) is 3.09. The summed E-state index contributed by atoms with van der Waals surface area (Å²) in [4.78, 5) is 19.3. The second kappa shape index (κ2) is 10.3. The predicted octanol–water partition coefficient (Wildman–Crippen LogP) is 6.02. The summed E-state index contributed by atoms with van der Waals surface area (Å²) in [6.07, 6.45) is -1.03. The van der Waals surface area contributed by atoms with Crippen LogP contribution >= 0.6 is 24.8 Å². The zero-order valence-corrected chi connectivity index (χ0v) is 21.7. The molecule has 1 aliphatic heterocycles. The molecule has 10 heteroatoms. The lowest BCUT2D eigenvalue weighted by atomic mass is 10.0. The van der Waals surface area contributed by atoms with Gasteiger partial charge in [-0.15, -0.1) is 24.8 Å². The van der Waals surface area contributed by atoms with E-state index in [1.165, 1.54) is 28.8 Å². The summed E-state index contributed by atoms with van der Waals surface area (Å²) in [6.45, 7) is 6.37. The van der Waals surface area contributed by atoms with Gasteiger partial charge in [-0.2, -0.15) is 13.2 Å². The highest BCUT2D eigenvalue weighted by Gasteiger charge is 2.30. The highest BCUT2D eigenvalue weighted by molar-refractivity contribution is 5.87. The third-order valence-corrected chi connectivity index (χ3v) is 6.73. The molecule has 5 rings (SSSR count). The number of halogens is 5. The van der Waals surface area contributed by atoms with Crippen molar-refractivity contribution in [3.63, 3.8) is 0 Å². The van der Waals surface area contributed by atoms with Gasteiger partial charge in [-0.25, -0.2) is 0 Å². The fraction of sp³-hybridized carbons (Fsp3) is 0.308. The summed E-state index contributed by atoms with van der Waals surface area (Å²) >= 11 is 0. The average molecular weight is 539 g/mol. The molecule has 0 aliphatic carbocycles. The Kier molecular flexibility index (Phi) is 7.93. The molecule has 0 fully saturated rings. The van der Waals surface area contributed by atoms with E-state index in [0.29, 0.717) is 17.3 Å². The minimum Gasteiger partial charge on any atom is -0.347 e. The molecule has 5 nitrogen and oxygen atoms in total. The molecule has 0 atom stereocenters. The Balaban J connectivity index is 0.00000180. The summed E-state index contributed by atoms with van der Waals surface area (Å²) in [5.41, 5.74) is 4.19. The number of pyridine rings is 2. The number of hydrogen-bond acceptors (Lipinski definition) is 3. The van der Waals surface area contributed by atoms with Crippen molar-refractivity contribution in [2.24, 2.45) is 7.05 Å². The molecule has 192 valence electrons. The number of alkyl halides is 3. The molecule has 0 saturated carbocycles. The van der Waals surface area contributed by atoms with Crippen molar-refractivity contribution in [1.29, 1.82) is 0 Å². The van der Waals surface area contributed by atoms with Crippen LogP contribution in [0.25, 0.3) is 27.8 Å². The number of rotatable bonds is 3. The molecule has 0 saturated heterocycles. The zero-order valence-electron chi connectivity index (χ0n) is 20.0. The van der Waals surface area contributed by atoms with Crippen LogP contribution in [0.4, 0.5) is 13.2 Å². The molecule has 4 aromatic rings. The van der Waals surface area contributed by atoms with Crippen LogP contribution in [0.5, 0.6) is 0 Å². The molecule has 0 unspecified atom stereocenters. The first-order chi connectivity index (χ1) is 16.1. The lowest BCUT2D eigenvalue weighted by Crippen LogP contribution is -2.36. The molecular weight excluding hydrogens is 512 g/mol. The van der Waals surface area contributed by atoms with E-state index in [1.807, 2.05) is 12.1 Å². The number of hydrogen-bond donors (Lipinski definition) is 0. The van der Waals surface area contributed by atoms with Gasteiger partial charge in [0.05, 0.1) is 22.5 Å². The molecule has 1 aliphatic rings. The van der Waals surface area contributed by atoms with Gasteiger partial charge in [0.15, 0.2) is 0 Å². The standard InChI is InChI=1S/C26H25F3N4O.2ClH/c1-16(2)32-10-9-23-21(15-32)20-6-5-19(13-24(20)31(23)3)33-11-8-17(12-25(33)34)22-7-4-18(14-30-22)26(27,28)29;;/h4-8,11-14,16H,9-10,15H2,1-3H3;2*1H. The van der Waals surface area contributed by atoms with E-state index in [9.17, 15) is 18.0 Å². The quantitative estimate of drug-likeness (QED) is 0.320. The molecule has 36 heavy (non-hydrogen) atoms. The van der Waals surface area contributed by atoms with E-state index in [2.05, 4.69) is 41.4 Å². The first kappa shape index (κ1) is 27.8. The summed E-state index contributed by atoms with van der Waals surface area (Å²) in [7, 11) is 2.07. The highest BCUT2D eigenvalue weighted by Crippen LogP contribution is 2.32. The molecule has 3 aromatic heterocycles. The Labute approximate surface area is 219 Å². The summed E-state index contributed by atoms with van der Waals surface area (Å²) < 4.78 is 42.2. The van der Waals surface area contributed by atoms with Crippen molar-refractivity contribution in [3.8, 4) is 16.9 Å². The first-order valence-electron chi connectivity index (χ1n) is 11.2. The Morgan fingerprint density at radius 1 is 1.03 bits per heavy atom. The van der Waals surface area contributed by atoms with Crippen molar-refractivity contribution in [3.05, 3.63) is 82.0 Å². The van der Waals surface area contributed by atoms with Gasteiger partial charge in [0.1, 0.15) is 0 Å². The summed E-state index contributed by atoms with van der Waals surface area (Å²) in [6, 6.07) is 11.9. The summed E-state index contributed by atoms with van der Waals surface area (Å²) in [5, 5.41) is 1.20. The number of aromatic nitrogens is 3. The molecular formula is C26H27Cl2F3N4O. The molecule has 0 N–H and O–H groups in total. The monoisotopic (exact) mass is 538 g/mol. The van der Waals surface area contributed by atoms with Gasteiger partial charge in [-0.3, -0.25) is 19.2 Å². The van der Waals surface area contributed by atoms with Crippen molar-refractivity contribution in [1.82, 2.24) is 19.0 Å². The van der Waals surface area contributed by atoms with E-state index < -0.39 is 11.7 Å². The Morgan fingerprint density at radius 2 is 1.78 bits per heavy atom. The topological polar surface area (TPSA) is 43.1 Å². The third kappa shape index (κ3) is 4.90. The maximum Gasteiger partial charge on any atom is 0.417 e. The highest BCUT2D eigenvalue weighted by atomic mass is 35.5. The van der Waals surface area contributed by atoms with E-state index in [-0.39, 0.29) is 30.4 Å². The number of aryl methyl sites for hydroxylation is 1. The van der Waals surface area contributed by atoms with Gasteiger partial charge in [-0.05, 0) is 49.7 Å². The SMILES string of the molecule is CC(C)N1CCc2c(c3ccc(-n4ccc(-c5ccc(C(F)(F)F)cn5)cc4=O)cc3n2C)C1.Cl.Cl. The predicted molar refractivity (Wildman–Crippen MR) is 140 cm³/mol. The first-order valence-corrected chi connectivity index (χ1v) is 11.2. The van der Waals surface area contributed by atoms with E-state index in [0.717, 1.165) is 43.0 Å². The van der Waals surface area contributed by atoms with Crippen molar-refractivity contribution in [2.75, 3.05) is 6.54 Å². The molecule has 4 heterocycles. The second-order valence-electron chi connectivity index (χ2n) is 9.05. The van der Waals surface area contributed by atoms with Crippen LogP contribution in [0.3, 0.4) is 0 Å². The molecule has 0 spiro atoms. The summed E-state index contributed by atoms with van der Waals surface area (Å²) in [5.74, 6) is 0. The molecule has 0 radical (unpaired) electrons. The van der Waals surface area contributed by atoms with Gasteiger partial charge < -0.3 is 4.57 Å². The van der Waals surface area contributed by atoms with Crippen molar-refractivity contribution >= 4 is 35.7 Å². The number of fused-ring (bicyclic) bond motifs is 3. The van der Waals surface area contributed by atoms with Crippen molar-refractivity contribution < 1.29 is 13.2 Å². The van der Waals surface area contributed by atoms with Gasteiger partial charge in [0.25, 0.3) is 5.56 Å². The van der Waals surface area contributed by atoms with Gasteiger partial charge in [-0.1, -0.05) is 6.07 Å². The Bertz CT molecular complexity index is 1440. The lowest BCUT2D eigenvalue weighted by Gasteiger charge is -2.31. The Morgan fingerprint density at radius 3 is 2.39 bits per heavy atom. The van der Waals surface area contributed by atoms with Crippen LogP contribution in [0.15, 0.2) is 59.7 Å². The maximum atomic E-state index is 12.9. The van der Waals surface area contributed by atoms with Crippen LogP contribution in [-0.4, -0.2) is 31.6 Å². The van der Waals surface area contributed by atoms with Crippen LogP contribution in [-0.2, 0) is 26.2 Å². The lowest BCUT2D eigenvalue weighted by molar-refractivity contribution is -0.137. The second-order valence-corrected chi connectivity index (χ2v) is 9.05. The molecule has 0 bridgehead atoms. The van der Waals surface area contributed by atoms with E-state index >= 15 is 0 Å². The van der Waals surface area contributed by atoms with E-state index in [4.69, 9.17) is 0 Å². The van der Waals surface area contributed by atoms with Gasteiger partial charge >= 0.3 is 6.18 Å². The fourth-order valence-electron chi connectivity index (χ4n) is 4.76. The smallest absolute Gasteiger partial charge is 0.347 e. The third-order valence-electron chi connectivity index (χ3n) is 6.73. The van der Waals surface area contributed by atoms with Crippen LogP contribution in [0.2, 0.25) is 0 Å². The number of nitrogens with zero attached hydrogens (tertiary/aromatic N) is 4.